The highest BCUT2D eigenvalue weighted by molar-refractivity contribution is 4.80. The lowest BCUT2D eigenvalue weighted by Crippen LogP contribution is -2.34. The molecule has 1 aliphatic carbocycles. The Morgan fingerprint density at radius 3 is 1.50 bits per heavy atom. The van der Waals surface area contributed by atoms with Crippen molar-refractivity contribution < 1.29 is 14.2 Å². The fraction of sp³-hybridized carbons (Fsp3) is 1.00. The molecule has 0 amide bonds. The summed E-state index contributed by atoms with van der Waals surface area (Å²) in [5.74, 6) is 0.856. The molecule has 6 heteroatoms. The van der Waals surface area contributed by atoms with Crippen molar-refractivity contribution in [3.63, 3.8) is 0 Å². The van der Waals surface area contributed by atoms with Crippen LogP contribution in [0, 0.1) is 5.92 Å². The Balaban J connectivity index is 0.000000289. The molecule has 3 aliphatic rings. The maximum Gasteiger partial charge on any atom is 0.0600 e. The highest BCUT2D eigenvalue weighted by atomic mass is 16.5. The van der Waals surface area contributed by atoms with Gasteiger partial charge < -0.3 is 24.0 Å². The highest BCUT2D eigenvalue weighted by Crippen LogP contribution is 2.26. The maximum absolute atomic E-state index is 5.73. The van der Waals surface area contributed by atoms with E-state index in [1.165, 1.54) is 71.1 Å². The smallest absolute Gasteiger partial charge is 0.0600 e. The van der Waals surface area contributed by atoms with Crippen LogP contribution in [0.2, 0.25) is 0 Å². The van der Waals surface area contributed by atoms with Crippen molar-refractivity contribution in [3.8, 4) is 0 Å². The zero-order chi connectivity index (χ0) is 28.8. The van der Waals surface area contributed by atoms with Gasteiger partial charge in [-0.3, -0.25) is 4.90 Å². The molecular weight excluding hydrogens is 474 g/mol. The molecule has 38 heavy (non-hydrogen) atoms. The van der Waals surface area contributed by atoms with E-state index >= 15 is 0 Å². The standard InChI is InChI=1S/C12H26N2O.C10H21NO.C10H20O/c1-12(2,3)15-9-8-14-7-6-11(10-14)13(4)5;1-10(2,3)12-9-8-11-6-4-5-7-11;1-10(2,3)11-8-9-6-4-5-7-9/h11H,6-10H2,1-5H3;4-9H2,1-3H3;9H,4-8H2,1-3H3. The van der Waals surface area contributed by atoms with Gasteiger partial charge in [-0.25, -0.2) is 0 Å². The van der Waals surface area contributed by atoms with E-state index in [0.29, 0.717) is 0 Å². The van der Waals surface area contributed by atoms with Crippen molar-refractivity contribution >= 4 is 0 Å². The number of ether oxygens (including phenoxy) is 3. The zero-order valence-corrected chi connectivity index (χ0v) is 27.5. The molecule has 3 rings (SSSR count). The summed E-state index contributed by atoms with van der Waals surface area (Å²) in [5, 5.41) is 0. The van der Waals surface area contributed by atoms with Crippen LogP contribution in [-0.4, -0.2) is 111 Å². The van der Waals surface area contributed by atoms with E-state index in [0.717, 1.165) is 44.9 Å². The van der Waals surface area contributed by atoms with Crippen molar-refractivity contribution in [2.45, 2.75) is 130 Å². The van der Waals surface area contributed by atoms with Gasteiger partial charge in [-0.1, -0.05) is 12.8 Å². The Morgan fingerprint density at radius 2 is 1.08 bits per heavy atom. The number of likely N-dealkylation sites (tertiary alicyclic amines) is 2. The SMILES string of the molecule is CC(C)(C)OCC1CCCC1.CC(C)(C)OCCN1CCCC1.CN(C)C1CCN(CCOC(C)(C)C)C1. The van der Waals surface area contributed by atoms with E-state index in [1.807, 2.05) is 0 Å². The molecule has 0 aromatic carbocycles. The summed E-state index contributed by atoms with van der Waals surface area (Å²) in [7, 11) is 4.33. The predicted octanol–water partition coefficient (Wildman–Crippen LogP) is 6.33. The molecule has 3 fully saturated rings. The van der Waals surface area contributed by atoms with Crippen LogP contribution in [0.1, 0.15) is 107 Å². The largest absolute Gasteiger partial charge is 0.376 e. The molecule has 1 atom stereocenters. The van der Waals surface area contributed by atoms with Gasteiger partial charge in [-0.2, -0.15) is 0 Å². The van der Waals surface area contributed by atoms with Crippen LogP contribution in [-0.2, 0) is 14.2 Å². The Labute approximate surface area is 238 Å². The Morgan fingerprint density at radius 1 is 0.605 bits per heavy atom. The highest BCUT2D eigenvalue weighted by Gasteiger charge is 2.24. The minimum atomic E-state index is 0.000668. The molecule has 2 saturated heterocycles. The third-order valence-electron chi connectivity index (χ3n) is 7.29. The van der Waals surface area contributed by atoms with Gasteiger partial charge in [0.1, 0.15) is 0 Å². The Hall–Kier alpha value is -0.240. The Bertz CT molecular complexity index is 580. The number of hydrogen-bond donors (Lipinski definition) is 0. The quantitative estimate of drug-likeness (QED) is 0.340. The first-order valence-electron chi connectivity index (χ1n) is 15.6. The molecule has 2 aliphatic heterocycles. The Kier molecular flexibility index (Phi) is 16.5. The first kappa shape index (κ1) is 35.8. The minimum Gasteiger partial charge on any atom is -0.376 e. The number of likely N-dealkylation sites (N-methyl/N-ethyl adjacent to an activating group) is 1. The van der Waals surface area contributed by atoms with E-state index in [2.05, 4.69) is 91.1 Å². The lowest BCUT2D eigenvalue weighted by atomic mass is 10.1. The molecule has 0 spiro atoms. The normalized spacial score (nSPS) is 21.9. The lowest BCUT2D eigenvalue weighted by Gasteiger charge is -2.23. The van der Waals surface area contributed by atoms with Crippen LogP contribution in [0.15, 0.2) is 0 Å². The molecule has 0 bridgehead atoms. The second-order valence-corrected chi connectivity index (χ2v) is 14.8. The summed E-state index contributed by atoms with van der Waals surface area (Å²) in [6.45, 7) is 28.9. The summed E-state index contributed by atoms with van der Waals surface area (Å²) in [5.41, 5.74) is 0.0863. The number of hydrogen-bond acceptors (Lipinski definition) is 6. The van der Waals surface area contributed by atoms with Crippen LogP contribution in [0.3, 0.4) is 0 Å². The molecule has 1 unspecified atom stereocenters. The summed E-state index contributed by atoms with van der Waals surface area (Å²) in [6.07, 6.45) is 9.63. The maximum atomic E-state index is 5.73. The van der Waals surface area contributed by atoms with Gasteiger partial charge >= 0.3 is 0 Å². The molecule has 2 heterocycles. The van der Waals surface area contributed by atoms with Gasteiger partial charge in [-0.15, -0.1) is 0 Å². The van der Waals surface area contributed by atoms with E-state index in [1.54, 1.807) is 0 Å². The molecule has 0 radical (unpaired) electrons. The summed E-state index contributed by atoms with van der Waals surface area (Å²) in [4.78, 5) is 7.30. The zero-order valence-electron chi connectivity index (χ0n) is 27.5. The van der Waals surface area contributed by atoms with Crippen LogP contribution >= 0.6 is 0 Å². The first-order chi connectivity index (χ1) is 17.5. The van der Waals surface area contributed by atoms with Gasteiger partial charge in [0.25, 0.3) is 0 Å². The van der Waals surface area contributed by atoms with E-state index < -0.39 is 0 Å². The average Bonchev–Trinajstić information content (AvgIpc) is 3.54. The monoisotopic (exact) mass is 542 g/mol. The van der Waals surface area contributed by atoms with Crippen LogP contribution < -0.4 is 0 Å². The molecule has 0 N–H and O–H groups in total. The third kappa shape index (κ3) is 19.8. The van der Waals surface area contributed by atoms with E-state index in [4.69, 9.17) is 14.2 Å². The van der Waals surface area contributed by atoms with Gasteiger partial charge in [0, 0.05) is 25.7 Å². The van der Waals surface area contributed by atoms with Crippen molar-refractivity contribution in [1.29, 1.82) is 0 Å². The fourth-order valence-electron chi connectivity index (χ4n) is 4.95. The van der Waals surface area contributed by atoms with Crippen molar-refractivity contribution in [2.24, 2.45) is 5.92 Å². The predicted molar refractivity (Wildman–Crippen MR) is 163 cm³/mol. The van der Waals surface area contributed by atoms with E-state index in [9.17, 15) is 0 Å². The summed E-state index contributed by atoms with van der Waals surface area (Å²) >= 11 is 0. The summed E-state index contributed by atoms with van der Waals surface area (Å²) < 4.78 is 17.1. The molecular formula is C32H67N3O3. The van der Waals surface area contributed by atoms with E-state index in [-0.39, 0.29) is 16.8 Å². The number of nitrogens with zero attached hydrogens (tertiary/aromatic N) is 3. The molecule has 1 saturated carbocycles. The number of rotatable bonds is 9. The minimum absolute atomic E-state index is 0.000668. The molecule has 0 aromatic heterocycles. The second-order valence-electron chi connectivity index (χ2n) is 14.8. The molecule has 228 valence electrons. The van der Waals surface area contributed by atoms with Crippen LogP contribution in [0.25, 0.3) is 0 Å². The van der Waals surface area contributed by atoms with Crippen molar-refractivity contribution in [1.82, 2.24) is 14.7 Å². The van der Waals surface area contributed by atoms with Gasteiger partial charge in [0.2, 0.25) is 0 Å². The third-order valence-corrected chi connectivity index (χ3v) is 7.29. The topological polar surface area (TPSA) is 37.4 Å². The van der Waals surface area contributed by atoms with Crippen molar-refractivity contribution in [3.05, 3.63) is 0 Å². The fourth-order valence-corrected chi connectivity index (χ4v) is 4.95. The van der Waals surface area contributed by atoms with Gasteiger partial charge in [-0.05, 0) is 134 Å². The van der Waals surface area contributed by atoms with Gasteiger partial charge in [0.15, 0.2) is 0 Å². The van der Waals surface area contributed by atoms with Gasteiger partial charge in [0.05, 0.1) is 36.6 Å². The van der Waals surface area contributed by atoms with Crippen LogP contribution in [0.4, 0.5) is 0 Å². The molecule has 6 nitrogen and oxygen atoms in total. The summed E-state index contributed by atoms with van der Waals surface area (Å²) in [6, 6.07) is 0.736. The second kappa shape index (κ2) is 17.5. The first-order valence-corrected chi connectivity index (χ1v) is 15.6. The van der Waals surface area contributed by atoms with Crippen LogP contribution in [0.5, 0.6) is 0 Å². The molecule has 0 aromatic rings. The lowest BCUT2D eigenvalue weighted by molar-refractivity contribution is -0.0211. The van der Waals surface area contributed by atoms with Crippen molar-refractivity contribution in [2.75, 3.05) is 73.2 Å². The average molecular weight is 542 g/mol.